The van der Waals surface area contributed by atoms with Crippen LogP contribution in [0.3, 0.4) is 0 Å². The van der Waals surface area contributed by atoms with Crippen LogP contribution < -0.4 is 10.6 Å². The van der Waals surface area contributed by atoms with E-state index in [1.54, 1.807) is 24.3 Å². The van der Waals surface area contributed by atoms with E-state index in [1.807, 2.05) is 4.90 Å². The molecule has 1 fully saturated rings. The number of likely N-dealkylation sites (tertiary alicyclic amines) is 1. The average Bonchev–Trinajstić information content (AvgIpc) is 3.20. The molecule has 0 spiro atoms. The number of amides is 2. The van der Waals surface area contributed by atoms with E-state index in [0.29, 0.717) is 34.1 Å². The lowest BCUT2D eigenvalue weighted by molar-refractivity contribution is 0.0697. The van der Waals surface area contributed by atoms with Crippen LogP contribution in [0.5, 0.6) is 0 Å². The Hall–Kier alpha value is -3.81. The van der Waals surface area contributed by atoms with Gasteiger partial charge in [0.05, 0.1) is 34.7 Å². The van der Waals surface area contributed by atoms with E-state index in [-0.39, 0.29) is 29.6 Å². The number of carbonyl (C=O) groups is 2. The molecule has 2 aliphatic rings. The molecule has 0 unspecified atom stereocenters. The number of rotatable bonds is 4. The van der Waals surface area contributed by atoms with Gasteiger partial charge in [-0.05, 0) is 61.2 Å². The zero-order valence-corrected chi connectivity index (χ0v) is 18.7. The number of anilines is 2. The molecule has 3 heterocycles. The zero-order chi connectivity index (χ0) is 23.8. The lowest BCUT2D eigenvalue weighted by Gasteiger charge is -2.30. The summed E-state index contributed by atoms with van der Waals surface area (Å²) < 4.78 is 28.8. The highest BCUT2D eigenvalue weighted by Gasteiger charge is 2.27. The summed E-state index contributed by atoms with van der Waals surface area (Å²) in [6, 6.07) is 12.1. The molecule has 6 nitrogen and oxygen atoms in total. The van der Waals surface area contributed by atoms with Crippen molar-refractivity contribution >= 4 is 23.2 Å². The molecule has 5 rings (SSSR count). The standard InChI is InChI=1S/C26H24F2N4O2/c1-15-9-11-32(12-10-15)26(34)16-5-7-17(8-6-16)30-21-13-20(23-18(27)3-2-4-19(23)28)31-22-14-29-25(33)24(21)22/h2-8,13,15H,9-12,14H2,1H3,(H,29,33)(H,30,31). The molecule has 0 radical (unpaired) electrons. The van der Waals surface area contributed by atoms with Crippen LogP contribution in [0.25, 0.3) is 11.3 Å². The summed E-state index contributed by atoms with van der Waals surface area (Å²) in [4.78, 5) is 31.4. The second kappa shape index (κ2) is 8.85. The molecule has 0 aliphatic carbocycles. The quantitative estimate of drug-likeness (QED) is 0.579. The molecule has 8 heteroatoms. The second-order valence-electron chi connectivity index (χ2n) is 8.83. The number of nitrogens with zero attached hydrogens (tertiary/aromatic N) is 2. The summed E-state index contributed by atoms with van der Waals surface area (Å²) in [5.74, 6) is -1.13. The Morgan fingerprint density at radius 3 is 2.41 bits per heavy atom. The minimum absolute atomic E-state index is 0.0000511. The van der Waals surface area contributed by atoms with Gasteiger partial charge in [0, 0.05) is 24.3 Å². The largest absolute Gasteiger partial charge is 0.355 e. The maximum Gasteiger partial charge on any atom is 0.255 e. The van der Waals surface area contributed by atoms with Crippen molar-refractivity contribution < 1.29 is 18.4 Å². The van der Waals surface area contributed by atoms with Crippen LogP contribution in [0.2, 0.25) is 0 Å². The van der Waals surface area contributed by atoms with E-state index >= 15 is 0 Å². The highest BCUT2D eigenvalue weighted by molar-refractivity contribution is 6.04. The Bertz CT molecular complexity index is 1250. The summed E-state index contributed by atoms with van der Waals surface area (Å²) in [6.45, 7) is 3.89. The van der Waals surface area contributed by atoms with Gasteiger partial charge in [0.15, 0.2) is 0 Å². The Kier molecular flexibility index (Phi) is 5.73. The van der Waals surface area contributed by atoms with Crippen molar-refractivity contribution in [2.24, 2.45) is 5.92 Å². The molecule has 0 bridgehead atoms. The van der Waals surface area contributed by atoms with Gasteiger partial charge in [-0.3, -0.25) is 9.59 Å². The van der Waals surface area contributed by atoms with Gasteiger partial charge >= 0.3 is 0 Å². The Balaban J connectivity index is 1.44. The monoisotopic (exact) mass is 462 g/mol. The summed E-state index contributed by atoms with van der Waals surface area (Å²) in [5, 5.41) is 5.87. The maximum absolute atomic E-state index is 14.4. The van der Waals surface area contributed by atoms with Gasteiger partial charge in [-0.1, -0.05) is 13.0 Å². The fraction of sp³-hybridized carbons (Fsp3) is 0.269. The molecular formula is C26H24F2N4O2. The fourth-order valence-electron chi connectivity index (χ4n) is 4.45. The molecule has 2 aromatic carbocycles. The van der Waals surface area contributed by atoms with E-state index in [1.165, 1.54) is 24.3 Å². The Morgan fingerprint density at radius 2 is 1.74 bits per heavy atom. The smallest absolute Gasteiger partial charge is 0.255 e. The number of aromatic nitrogens is 1. The summed E-state index contributed by atoms with van der Waals surface area (Å²) in [5.41, 5.74) is 2.22. The SMILES string of the molecule is CC1CCN(C(=O)c2ccc(Nc3cc(-c4c(F)cccc4F)nc4c3C(=O)NC4)cc2)CC1. The van der Waals surface area contributed by atoms with Gasteiger partial charge in [-0.15, -0.1) is 0 Å². The maximum atomic E-state index is 14.4. The van der Waals surface area contributed by atoms with Crippen LogP contribution >= 0.6 is 0 Å². The first-order valence-corrected chi connectivity index (χ1v) is 11.3. The van der Waals surface area contributed by atoms with Crippen molar-refractivity contribution in [1.82, 2.24) is 15.2 Å². The van der Waals surface area contributed by atoms with Gasteiger partial charge in [0.25, 0.3) is 11.8 Å². The molecule has 174 valence electrons. The van der Waals surface area contributed by atoms with Gasteiger partial charge < -0.3 is 15.5 Å². The van der Waals surface area contributed by atoms with Gasteiger partial charge in [0.2, 0.25) is 0 Å². The van der Waals surface area contributed by atoms with Gasteiger partial charge in [-0.25, -0.2) is 13.8 Å². The van der Waals surface area contributed by atoms with Crippen LogP contribution in [0.1, 0.15) is 46.2 Å². The van der Waals surface area contributed by atoms with Crippen LogP contribution in [-0.4, -0.2) is 34.8 Å². The van der Waals surface area contributed by atoms with E-state index in [4.69, 9.17) is 0 Å². The average molecular weight is 463 g/mol. The number of carbonyl (C=O) groups excluding carboxylic acids is 2. The lowest BCUT2D eigenvalue weighted by Crippen LogP contribution is -2.37. The number of hydrogen-bond donors (Lipinski definition) is 2. The van der Waals surface area contributed by atoms with E-state index in [0.717, 1.165) is 25.9 Å². The third kappa shape index (κ3) is 4.11. The summed E-state index contributed by atoms with van der Waals surface area (Å²) in [7, 11) is 0. The van der Waals surface area contributed by atoms with E-state index in [9.17, 15) is 18.4 Å². The predicted molar refractivity (Wildman–Crippen MR) is 125 cm³/mol. The van der Waals surface area contributed by atoms with Crippen molar-refractivity contribution in [1.29, 1.82) is 0 Å². The number of benzene rings is 2. The number of fused-ring (bicyclic) bond motifs is 1. The van der Waals surface area contributed by atoms with Crippen LogP contribution in [0, 0.1) is 17.6 Å². The summed E-state index contributed by atoms with van der Waals surface area (Å²) >= 11 is 0. The van der Waals surface area contributed by atoms with Gasteiger partial charge in [0.1, 0.15) is 11.6 Å². The predicted octanol–water partition coefficient (Wildman–Crippen LogP) is 4.89. The van der Waals surface area contributed by atoms with E-state index in [2.05, 4.69) is 22.5 Å². The molecular weight excluding hydrogens is 438 g/mol. The molecule has 2 aliphatic heterocycles. The lowest BCUT2D eigenvalue weighted by atomic mass is 9.98. The molecule has 2 N–H and O–H groups in total. The van der Waals surface area contributed by atoms with Crippen molar-refractivity contribution in [3.8, 4) is 11.3 Å². The van der Waals surface area contributed by atoms with Gasteiger partial charge in [-0.2, -0.15) is 0 Å². The molecule has 3 aromatic rings. The molecule has 2 amide bonds. The first-order valence-electron chi connectivity index (χ1n) is 11.3. The minimum atomic E-state index is -0.731. The highest BCUT2D eigenvalue weighted by atomic mass is 19.1. The van der Waals surface area contributed by atoms with E-state index < -0.39 is 11.6 Å². The molecule has 0 saturated carbocycles. The number of pyridine rings is 1. The first-order chi connectivity index (χ1) is 16.4. The van der Waals surface area contributed by atoms with Crippen molar-refractivity contribution in [3.05, 3.63) is 77.0 Å². The molecule has 34 heavy (non-hydrogen) atoms. The third-order valence-corrected chi connectivity index (χ3v) is 6.44. The number of nitrogens with one attached hydrogen (secondary N) is 2. The van der Waals surface area contributed by atoms with Crippen LogP contribution in [0.4, 0.5) is 20.2 Å². The number of halogens is 2. The summed E-state index contributed by atoms with van der Waals surface area (Å²) in [6.07, 6.45) is 2.01. The molecule has 1 aromatic heterocycles. The van der Waals surface area contributed by atoms with Crippen molar-refractivity contribution in [3.63, 3.8) is 0 Å². The first kappa shape index (κ1) is 22.0. The Morgan fingerprint density at radius 1 is 1.06 bits per heavy atom. The molecule has 0 atom stereocenters. The fourth-order valence-corrected chi connectivity index (χ4v) is 4.45. The minimum Gasteiger partial charge on any atom is -0.355 e. The normalized spacial score (nSPS) is 15.7. The molecule has 1 saturated heterocycles. The number of hydrogen-bond acceptors (Lipinski definition) is 4. The van der Waals surface area contributed by atoms with Crippen molar-refractivity contribution in [2.75, 3.05) is 18.4 Å². The zero-order valence-electron chi connectivity index (χ0n) is 18.7. The topological polar surface area (TPSA) is 74.3 Å². The Labute approximate surface area is 196 Å². The van der Waals surface area contributed by atoms with Crippen molar-refractivity contribution in [2.45, 2.75) is 26.3 Å². The van der Waals surface area contributed by atoms with Crippen LogP contribution in [-0.2, 0) is 6.54 Å². The highest BCUT2D eigenvalue weighted by Crippen LogP contribution is 2.33. The van der Waals surface area contributed by atoms with Crippen LogP contribution in [0.15, 0.2) is 48.5 Å². The number of piperidine rings is 1. The second-order valence-corrected chi connectivity index (χ2v) is 8.83. The third-order valence-electron chi connectivity index (χ3n) is 6.44.